The molecular weight excluding hydrogens is 254 g/mol. The average molecular weight is 271 g/mol. The highest BCUT2D eigenvalue weighted by Crippen LogP contribution is 2.11. The molecule has 0 saturated carbocycles. The second-order valence-electron chi connectivity index (χ2n) is 4.09. The van der Waals surface area contributed by atoms with Gasteiger partial charge in [0.25, 0.3) is 0 Å². The Balaban J connectivity index is 2.57. The van der Waals surface area contributed by atoms with Crippen LogP contribution in [0.2, 0.25) is 0 Å². The molecule has 0 bridgehead atoms. The van der Waals surface area contributed by atoms with Crippen molar-refractivity contribution in [2.75, 3.05) is 18.6 Å². The van der Waals surface area contributed by atoms with Gasteiger partial charge in [0.1, 0.15) is 9.84 Å². The molecule has 100 valence electrons. The van der Waals surface area contributed by atoms with Crippen molar-refractivity contribution in [3.63, 3.8) is 0 Å². The molecule has 2 N–H and O–H groups in total. The maximum atomic E-state index is 11.5. The number of carbonyl (C=O) groups is 1. The van der Waals surface area contributed by atoms with Crippen LogP contribution >= 0.6 is 0 Å². The van der Waals surface area contributed by atoms with E-state index in [4.69, 9.17) is 0 Å². The molecule has 0 heterocycles. The Bertz CT molecular complexity index is 484. The van der Waals surface area contributed by atoms with Crippen LogP contribution in [0.1, 0.15) is 18.0 Å². The molecule has 0 fully saturated rings. The van der Waals surface area contributed by atoms with E-state index in [1.54, 1.807) is 24.3 Å². The first-order valence-electron chi connectivity index (χ1n) is 5.55. The second kappa shape index (κ2) is 6.51. The monoisotopic (exact) mass is 271 g/mol. The van der Waals surface area contributed by atoms with E-state index in [1.165, 1.54) is 0 Å². The van der Waals surface area contributed by atoms with Gasteiger partial charge in [0.05, 0.1) is 18.4 Å². The van der Waals surface area contributed by atoms with Crippen LogP contribution in [0.4, 0.5) is 0 Å². The summed E-state index contributed by atoms with van der Waals surface area (Å²) in [6.07, 6.45) is 0.989. The SMILES string of the molecule is CS(=O)(=O)CCC(=O)N[C@@H](CO)c1ccccc1. The number of rotatable bonds is 6. The largest absolute Gasteiger partial charge is 0.394 e. The lowest BCUT2D eigenvalue weighted by Gasteiger charge is -2.16. The number of hydrogen-bond donors (Lipinski definition) is 2. The van der Waals surface area contributed by atoms with Gasteiger partial charge in [-0.25, -0.2) is 8.42 Å². The Labute approximate surface area is 107 Å². The highest BCUT2D eigenvalue weighted by molar-refractivity contribution is 7.90. The van der Waals surface area contributed by atoms with Crippen LogP contribution in [-0.4, -0.2) is 38.0 Å². The fourth-order valence-corrected chi connectivity index (χ4v) is 2.02. The summed E-state index contributed by atoms with van der Waals surface area (Å²) in [6, 6.07) is 8.53. The first-order chi connectivity index (χ1) is 8.42. The zero-order chi connectivity index (χ0) is 13.6. The van der Waals surface area contributed by atoms with Gasteiger partial charge in [-0.1, -0.05) is 30.3 Å². The number of carbonyl (C=O) groups excluding carboxylic acids is 1. The third-order valence-corrected chi connectivity index (χ3v) is 3.37. The summed E-state index contributed by atoms with van der Waals surface area (Å²) in [7, 11) is -3.15. The third kappa shape index (κ3) is 5.29. The van der Waals surface area contributed by atoms with Crippen molar-refractivity contribution in [1.82, 2.24) is 5.32 Å². The van der Waals surface area contributed by atoms with Gasteiger partial charge < -0.3 is 10.4 Å². The number of benzene rings is 1. The van der Waals surface area contributed by atoms with Crippen molar-refractivity contribution in [3.8, 4) is 0 Å². The average Bonchev–Trinajstić information content (AvgIpc) is 2.33. The van der Waals surface area contributed by atoms with E-state index in [9.17, 15) is 18.3 Å². The number of sulfone groups is 1. The molecule has 0 aliphatic carbocycles. The summed E-state index contributed by atoms with van der Waals surface area (Å²) in [4.78, 5) is 11.5. The molecule has 5 nitrogen and oxygen atoms in total. The Hall–Kier alpha value is -1.40. The number of amides is 1. The smallest absolute Gasteiger partial charge is 0.221 e. The molecule has 0 aromatic heterocycles. The van der Waals surface area contributed by atoms with Crippen LogP contribution in [-0.2, 0) is 14.6 Å². The second-order valence-corrected chi connectivity index (χ2v) is 6.35. The van der Waals surface area contributed by atoms with Gasteiger partial charge in [-0.15, -0.1) is 0 Å². The van der Waals surface area contributed by atoms with Gasteiger partial charge in [-0.3, -0.25) is 4.79 Å². The Morgan fingerprint density at radius 2 is 1.94 bits per heavy atom. The van der Waals surface area contributed by atoms with Crippen LogP contribution in [0.3, 0.4) is 0 Å². The molecule has 0 unspecified atom stereocenters. The van der Waals surface area contributed by atoms with E-state index in [0.29, 0.717) is 0 Å². The van der Waals surface area contributed by atoms with Crippen LogP contribution < -0.4 is 5.32 Å². The van der Waals surface area contributed by atoms with Crippen molar-refractivity contribution in [1.29, 1.82) is 0 Å². The molecule has 0 radical (unpaired) electrons. The molecular formula is C12H17NO4S. The van der Waals surface area contributed by atoms with Gasteiger partial charge in [0.2, 0.25) is 5.91 Å². The fraction of sp³-hybridized carbons (Fsp3) is 0.417. The molecule has 0 spiro atoms. The van der Waals surface area contributed by atoms with E-state index in [0.717, 1.165) is 11.8 Å². The van der Waals surface area contributed by atoms with Crippen molar-refractivity contribution in [2.24, 2.45) is 0 Å². The highest BCUT2D eigenvalue weighted by Gasteiger charge is 2.14. The minimum absolute atomic E-state index is 0.0951. The molecule has 0 aliphatic rings. The van der Waals surface area contributed by atoms with Crippen LogP contribution in [0.5, 0.6) is 0 Å². The first-order valence-corrected chi connectivity index (χ1v) is 7.61. The summed E-state index contributed by atoms with van der Waals surface area (Å²) in [5.74, 6) is -0.575. The van der Waals surface area contributed by atoms with Crippen LogP contribution in [0.15, 0.2) is 30.3 Å². The van der Waals surface area contributed by atoms with Gasteiger partial charge in [-0.05, 0) is 5.56 Å². The molecule has 1 atom stereocenters. The predicted molar refractivity (Wildman–Crippen MR) is 68.7 cm³/mol. The summed E-state index contributed by atoms with van der Waals surface area (Å²) < 4.78 is 21.9. The van der Waals surface area contributed by atoms with E-state index >= 15 is 0 Å². The molecule has 6 heteroatoms. The quantitative estimate of drug-likeness (QED) is 0.778. The van der Waals surface area contributed by atoms with Crippen molar-refractivity contribution >= 4 is 15.7 Å². The summed E-state index contributed by atoms with van der Waals surface area (Å²) >= 11 is 0. The van der Waals surface area contributed by atoms with Gasteiger partial charge in [0.15, 0.2) is 0 Å². The number of aliphatic hydroxyl groups excluding tert-OH is 1. The van der Waals surface area contributed by atoms with Gasteiger partial charge in [0, 0.05) is 12.7 Å². The van der Waals surface area contributed by atoms with Gasteiger partial charge in [-0.2, -0.15) is 0 Å². The van der Waals surface area contributed by atoms with Crippen molar-refractivity contribution in [2.45, 2.75) is 12.5 Å². The fourth-order valence-electron chi connectivity index (χ4n) is 1.46. The lowest BCUT2D eigenvalue weighted by Crippen LogP contribution is -2.31. The lowest BCUT2D eigenvalue weighted by molar-refractivity contribution is -0.121. The normalized spacial score (nSPS) is 13.0. The summed E-state index contributed by atoms with van der Waals surface area (Å²) in [5.41, 5.74) is 0.785. The van der Waals surface area contributed by atoms with Crippen LogP contribution in [0.25, 0.3) is 0 Å². The molecule has 1 aromatic rings. The lowest BCUT2D eigenvalue weighted by atomic mass is 10.1. The number of hydrogen-bond acceptors (Lipinski definition) is 4. The van der Waals surface area contributed by atoms with Crippen LogP contribution in [0, 0.1) is 0 Å². The van der Waals surface area contributed by atoms with Crippen molar-refractivity contribution < 1.29 is 18.3 Å². The molecule has 1 aromatic carbocycles. The third-order valence-electron chi connectivity index (χ3n) is 2.42. The Kier molecular flexibility index (Phi) is 5.30. The maximum Gasteiger partial charge on any atom is 0.221 e. The van der Waals surface area contributed by atoms with E-state index < -0.39 is 15.9 Å². The molecule has 0 aliphatic heterocycles. The van der Waals surface area contributed by atoms with E-state index in [-0.39, 0.29) is 24.7 Å². The van der Waals surface area contributed by atoms with Crippen molar-refractivity contribution in [3.05, 3.63) is 35.9 Å². The van der Waals surface area contributed by atoms with E-state index in [2.05, 4.69) is 5.32 Å². The Morgan fingerprint density at radius 1 is 1.33 bits per heavy atom. The first kappa shape index (κ1) is 14.7. The summed E-state index contributed by atoms with van der Waals surface area (Å²) in [6.45, 7) is -0.228. The predicted octanol–water partition coefficient (Wildman–Crippen LogP) is 0.271. The zero-order valence-corrected chi connectivity index (χ0v) is 11.0. The molecule has 1 rings (SSSR count). The molecule has 0 saturated heterocycles. The maximum absolute atomic E-state index is 11.5. The highest BCUT2D eigenvalue weighted by atomic mass is 32.2. The minimum atomic E-state index is -3.15. The molecule has 1 amide bonds. The number of aliphatic hydroxyl groups is 1. The standard InChI is InChI=1S/C12H17NO4S/c1-18(16,17)8-7-12(15)13-11(9-14)10-5-3-2-4-6-10/h2-6,11,14H,7-9H2,1H3,(H,13,15)/t11-/m0/s1. The Morgan fingerprint density at radius 3 is 2.44 bits per heavy atom. The van der Waals surface area contributed by atoms with Gasteiger partial charge >= 0.3 is 0 Å². The van der Waals surface area contributed by atoms with E-state index in [1.807, 2.05) is 6.07 Å². The molecule has 18 heavy (non-hydrogen) atoms. The zero-order valence-electron chi connectivity index (χ0n) is 10.2. The topological polar surface area (TPSA) is 83.5 Å². The minimum Gasteiger partial charge on any atom is -0.394 e. The summed E-state index contributed by atoms with van der Waals surface area (Å²) in [5, 5.41) is 11.8. The number of nitrogens with one attached hydrogen (secondary N) is 1.